The van der Waals surface area contributed by atoms with Crippen LogP contribution in [0.5, 0.6) is 5.75 Å². The Morgan fingerprint density at radius 1 is 1.16 bits per heavy atom. The molecule has 2 saturated heterocycles. The van der Waals surface area contributed by atoms with Gasteiger partial charge in [0.1, 0.15) is 5.75 Å². The van der Waals surface area contributed by atoms with E-state index in [2.05, 4.69) is 22.5 Å². The Bertz CT molecular complexity index is 1090. The molecule has 2 fully saturated rings. The summed E-state index contributed by atoms with van der Waals surface area (Å²) < 4.78 is 5.21. The summed E-state index contributed by atoms with van der Waals surface area (Å²) in [7, 11) is 1.57. The molecule has 1 unspecified atom stereocenters. The first kappa shape index (κ1) is 21.2. The number of hydrogen-bond acceptors (Lipinski definition) is 4. The van der Waals surface area contributed by atoms with Crippen molar-refractivity contribution in [1.29, 1.82) is 0 Å². The van der Waals surface area contributed by atoms with E-state index in [1.807, 2.05) is 42.5 Å². The average molecular weight is 432 g/mol. The van der Waals surface area contributed by atoms with Crippen LogP contribution < -0.4 is 25.2 Å². The van der Waals surface area contributed by atoms with Crippen LogP contribution in [0.15, 0.2) is 48.5 Å². The predicted molar refractivity (Wildman–Crippen MR) is 121 cm³/mol. The molecule has 8 heteroatoms. The summed E-state index contributed by atoms with van der Waals surface area (Å²) >= 11 is 0. The number of methoxy groups -OCH3 is 1. The molecule has 0 aromatic heterocycles. The number of anilines is 2. The Kier molecular flexibility index (Phi) is 6.26. The molecule has 2 aliphatic rings. The highest BCUT2D eigenvalue weighted by Crippen LogP contribution is 2.28. The number of ether oxygens (including phenoxy) is 1. The Labute approximate surface area is 186 Å². The van der Waals surface area contributed by atoms with Crippen LogP contribution in [-0.4, -0.2) is 51.1 Å². The van der Waals surface area contributed by atoms with Gasteiger partial charge in [-0.2, -0.15) is 0 Å². The Morgan fingerprint density at radius 2 is 1.97 bits per heavy atom. The highest BCUT2D eigenvalue weighted by atomic mass is 16.5. The molecule has 2 aliphatic heterocycles. The van der Waals surface area contributed by atoms with Crippen LogP contribution in [0.25, 0.3) is 0 Å². The fraction of sp³-hybridized carbons (Fsp3) is 0.292. The second-order valence-corrected chi connectivity index (χ2v) is 7.56. The summed E-state index contributed by atoms with van der Waals surface area (Å²) in [4.78, 5) is 39.9. The normalized spacial score (nSPS) is 17.6. The maximum Gasteiger partial charge on any atom is 0.321 e. The van der Waals surface area contributed by atoms with E-state index >= 15 is 0 Å². The third-order valence-electron chi connectivity index (χ3n) is 5.48. The summed E-state index contributed by atoms with van der Waals surface area (Å²) in [5, 5.41) is 5.56. The zero-order valence-electron chi connectivity index (χ0n) is 17.8. The van der Waals surface area contributed by atoms with Gasteiger partial charge in [0.05, 0.1) is 19.6 Å². The fourth-order valence-corrected chi connectivity index (χ4v) is 3.78. The lowest BCUT2D eigenvalue weighted by atomic mass is 10.1. The van der Waals surface area contributed by atoms with Crippen molar-refractivity contribution in [1.82, 2.24) is 10.6 Å². The number of carbonyl (C=O) groups excluding carboxylic acids is 3. The number of rotatable bonds is 5. The van der Waals surface area contributed by atoms with Crippen molar-refractivity contribution in [3.8, 4) is 17.6 Å². The van der Waals surface area contributed by atoms with Gasteiger partial charge in [-0.1, -0.05) is 17.9 Å². The third-order valence-corrected chi connectivity index (χ3v) is 5.48. The first-order valence-electron chi connectivity index (χ1n) is 10.4. The highest BCUT2D eigenvalue weighted by Gasteiger charge is 2.35. The van der Waals surface area contributed by atoms with Crippen molar-refractivity contribution < 1.29 is 19.1 Å². The summed E-state index contributed by atoms with van der Waals surface area (Å²) in [6.45, 7) is 1.81. The second kappa shape index (κ2) is 9.43. The molecule has 0 aliphatic carbocycles. The Hall–Kier alpha value is -3.99. The van der Waals surface area contributed by atoms with Crippen LogP contribution in [0.2, 0.25) is 0 Å². The van der Waals surface area contributed by atoms with Crippen LogP contribution in [-0.2, 0) is 9.59 Å². The second-order valence-electron chi connectivity index (χ2n) is 7.56. The molecule has 4 amide bonds. The number of carbonyl (C=O) groups is 3. The molecule has 0 saturated carbocycles. The van der Waals surface area contributed by atoms with Crippen LogP contribution >= 0.6 is 0 Å². The van der Waals surface area contributed by atoms with Crippen LogP contribution in [0, 0.1) is 17.8 Å². The fourth-order valence-electron chi connectivity index (χ4n) is 3.78. The zero-order chi connectivity index (χ0) is 22.5. The van der Waals surface area contributed by atoms with Gasteiger partial charge in [0.2, 0.25) is 11.8 Å². The molecule has 2 heterocycles. The minimum absolute atomic E-state index is 0.0868. The van der Waals surface area contributed by atoms with Gasteiger partial charge in [-0.3, -0.25) is 14.5 Å². The molecule has 1 atom stereocenters. The van der Waals surface area contributed by atoms with E-state index in [9.17, 15) is 14.4 Å². The van der Waals surface area contributed by atoms with E-state index in [0.29, 0.717) is 25.4 Å². The molecule has 2 aromatic carbocycles. The van der Waals surface area contributed by atoms with E-state index in [4.69, 9.17) is 4.74 Å². The number of amides is 4. The highest BCUT2D eigenvalue weighted by molar-refractivity contribution is 6.00. The van der Waals surface area contributed by atoms with Gasteiger partial charge < -0.3 is 20.3 Å². The summed E-state index contributed by atoms with van der Waals surface area (Å²) in [5.74, 6) is 5.91. The standard InChI is InChI=1S/C24H24N4O4/c1-32-21-6-2-5-20(15-21)28-16-18(14-22(28)29)23(30)25-11-3-4-17-7-9-19(10-8-17)27-13-12-26-24(27)31/h2,5-10,15,18H,11-14,16H2,1H3,(H,25,30)(H,26,31). The summed E-state index contributed by atoms with van der Waals surface area (Å²) in [6, 6.07) is 14.5. The molecular formula is C24H24N4O4. The molecule has 164 valence electrons. The lowest BCUT2D eigenvalue weighted by molar-refractivity contribution is -0.126. The number of nitrogens with one attached hydrogen (secondary N) is 2. The first-order chi connectivity index (χ1) is 15.5. The third kappa shape index (κ3) is 4.67. The molecule has 4 rings (SSSR count). The largest absolute Gasteiger partial charge is 0.497 e. The quantitative estimate of drug-likeness (QED) is 0.705. The molecule has 0 spiro atoms. The van der Waals surface area contributed by atoms with Crippen molar-refractivity contribution in [3.05, 3.63) is 54.1 Å². The Morgan fingerprint density at radius 3 is 2.69 bits per heavy atom. The monoisotopic (exact) mass is 432 g/mol. The number of hydrogen-bond donors (Lipinski definition) is 2. The maximum atomic E-state index is 12.5. The maximum absolute atomic E-state index is 12.5. The minimum Gasteiger partial charge on any atom is -0.497 e. The van der Waals surface area contributed by atoms with Crippen molar-refractivity contribution >= 4 is 29.2 Å². The van der Waals surface area contributed by atoms with Gasteiger partial charge >= 0.3 is 6.03 Å². The van der Waals surface area contributed by atoms with E-state index in [1.54, 1.807) is 23.0 Å². The van der Waals surface area contributed by atoms with Gasteiger partial charge in [0.15, 0.2) is 0 Å². The first-order valence-corrected chi connectivity index (χ1v) is 10.4. The molecule has 2 aromatic rings. The molecule has 0 bridgehead atoms. The minimum atomic E-state index is -0.415. The van der Waals surface area contributed by atoms with Gasteiger partial charge in [-0.05, 0) is 36.4 Å². The van der Waals surface area contributed by atoms with Gasteiger partial charge in [0.25, 0.3) is 0 Å². The number of benzene rings is 2. The summed E-state index contributed by atoms with van der Waals surface area (Å²) in [5.41, 5.74) is 2.34. The van der Waals surface area contributed by atoms with Crippen molar-refractivity contribution in [2.45, 2.75) is 6.42 Å². The van der Waals surface area contributed by atoms with E-state index < -0.39 is 5.92 Å². The smallest absolute Gasteiger partial charge is 0.321 e. The topological polar surface area (TPSA) is 91.0 Å². The van der Waals surface area contributed by atoms with Crippen molar-refractivity contribution in [2.24, 2.45) is 5.92 Å². The van der Waals surface area contributed by atoms with Crippen LogP contribution in [0.4, 0.5) is 16.2 Å². The van der Waals surface area contributed by atoms with Gasteiger partial charge in [-0.25, -0.2) is 4.79 Å². The summed E-state index contributed by atoms with van der Waals surface area (Å²) in [6.07, 6.45) is 0.169. The van der Waals surface area contributed by atoms with Crippen LogP contribution in [0.1, 0.15) is 12.0 Å². The molecule has 2 N–H and O–H groups in total. The van der Waals surface area contributed by atoms with E-state index in [0.717, 1.165) is 16.9 Å². The average Bonchev–Trinajstić information content (AvgIpc) is 3.42. The molecule has 8 nitrogen and oxygen atoms in total. The van der Waals surface area contributed by atoms with E-state index in [-0.39, 0.29) is 30.8 Å². The van der Waals surface area contributed by atoms with Crippen molar-refractivity contribution in [3.63, 3.8) is 0 Å². The molecular weight excluding hydrogens is 408 g/mol. The van der Waals surface area contributed by atoms with Gasteiger partial charge in [0, 0.05) is 49.1 Å². The zero-order valence-corrected chi connectivity index (χ0v) is 17.8. The van der Waals surface area contributed by atoms with Crippen LogP contribution in [0.3, 0.4) is 0 Å². The van der Waals surface area contributed by atoms with E-state index in [1.165, 1.54) is 0 Å². The lowest BCUT2D eigenvalue weighted by Gasteiger charge is -2.17. The SMILES string of the molecule is COc1cccc(N2CC(C(=O)NCC#Cc3ccc(N4CCNC4=O)cc3)CC2=O)c1. The molecule has 32 heavy (non-hydrogen) atoms. The lowest BCUT2D eigenvalue weighted by Crippen LogP contribution is -2.33. The molecule has 0 radical (unpaired) electrons. The van der Waals surface area contributed by atoms with Crippen molar-refractivity contribution in [2.75, 3.05) is 43.1 Å². The number of nitrogens with zero attached hydrogens (tertiary/aromatic N) is 2. The van der Waals surface area contributed by atoms with Gasteiger partial charge in [-0.15, -0.1) is 0 Å². The Balaban J connectivity index is 1.29. The number of urea groups is 1. The predicted octanol–water partition coefficient (Wildman–Crippen LogP) is 1.75.